The third kappa shape index (κ3) is 1.25. The van der Waals surface area contributed by atoms with Crippen LogP contribution in [0.5, 0.6) is 0 Å². The van der Waals surface area contributed by atoms with Gasteiger partial charge in [-0.1, -0.05) is 18.2 Å². The number of rotatable bonds is 2. The molecule has 0 saturated heterocycles. The van der Waals surface area contributed by atoms with E-state index in [1.807, 2.05) is 24.3 Å². The number of hydrogen-bond acceptors (Lipinski definition) is 2. The Bertz CT molecular complexity index is 476. The van der Waals surface area contributed by atoms with Gasteiger partial charge in [0, 0.05) is 28.9 Å². The van der Waals surface area contributed by atoms with Crippen molar-refractivity contribution in [3.05, 3.63) is 46.1 Å². The van der Waals surface area contributed by atoms with Crippen molar-refractivity contribution < 1.29 is 4.92 Å². The van der Waals surface area contributed by atoms with Crippen molar-refractivity contribution in [1.29, 1.82) is 0 Å². The topological polar surface area (TPSA) is 58.9 Å². The van der Waals surface area contributed by atoms with Gasteiger partial charge in [-0.25, -0.2) is 0 Å². The Morgan fingerprint density at radius 2 is 2.14 bits per heavy atom. The molecule has 0 aliphatic heterocycles. The monoisotopic (exact) mass is 190 g/mol. The van der Waals surface area contributed by atoms with Crippen LogP contribution in [0.4, 0.5) is 0 Å². The van der Waals surface area contributed by atoms with Crippen LogP contribution in [0.25, 0.3) is 10.9 Å². The standard InChI is InChI=1S/C10H10N2O2/c1-7(12(13)14)9-6-11-10-5-3-2-4-8(9)10/h2-7,11H,1H3. The molecule has 0 aliphatic rings. The normalized spacial score (nSPS) is 12.9. The summed E-state index contributed by atoms with van der Waals surface area (Å²) in [6.45, 7) is 1.59. The molecule has 0 fully saturated rings. The maximum absolute atomic E-state index is 10.6. The second kappa shape index (κ2) is 3.14. The van der Waals surface area contributed by atoms with E-state index in [0.717, 1.165) is 16.5 Å². The largest absolute Gasteiger partial charge is 0.361 e. The number of nitro groups is 1. The van der Waals surface area contributed by atoms with E-state index in [9.17, 15) is 10.1 Å². The summed E-state index contributed by atoms with van der Waals surface area (Å²) in [5.74, 6) is 0. The first kappa shape index (κ1) is 8.74. The molecule has 0 amide bonds. The van der Waals surface area contributed by atoms with Gasteiger partial charge in [-0.2, -0.15) is 0 Å². The van der Waals surface area contributed by atoms with Crippen LogP contribution < -0.4 is 0 Å². The van der Waals surface area contributed by atoms with Crippen LogP contribution in [0.2, 0.25) is 0 Å². The Labute approximate surface area is 80.7 Å². The van der Waals surface area contributed by atoms with E-state index in [-0.39, 0.29) is 4.92 Å². The summed E-state index contributed by atoms with van der Waals surface area (Å²) < 4.78 is 0. The summed E-state index contributed by atoms with van der Waals surface area (Å²) in [7, 11) is 0. The van der Waals surface area contributed by atoms with Crippen LogP contribution in [0, 0.1) is 10.1 Å². The third-order valence-corrected chi connectivity index (χ3v) is 2.39. The number of para-hydroxylation sites is 1. The molecule has 72 valence electrons. The first-order chi connectivity index (χ1) is 6.70. The maximum atomic E-state index is 10.6. The molecule has 2 rings (SSSR count). The van der Waals surface area contributed by atoms with Gasteiger partial charge in [-0.15, -0.1) is 0 Å². The van der Waals surface area contributed by atoms with Crippen LogP contribution in [0.1, 0.15) is 18.5 Å². The molecule has 0 saturated carbocycles. The number of aromatic amines is 1. The van der Waals surface area contributed by atoms with Crippen molar-refractivity contribution in [2.75, 3.05) is 0 Å². The van der Waals surface area contributed by atoms with Crippen molar-refractivity contribution in [2.45, 2.75) is 13.0 Å². The number of nitrogens with one attached hydrogen (secondary N) is 1. The van der Waals surface area contributed by atoms with E-state index in [0.29, 0.717) is 0 Å². The fourth-order valence-electron chi connectivity index (χ4n) is 1.55. The second-order valence-electron chi connectivity index (χ2n) is 3.25. The van der Waals surface area contributed by atoms with Gasteiger partial charge >= 0.3 is 0 Å². The Balaban J connectivity index is 2.58. The van der Waals surface area contributed by atoms with E-state index in [4.69, 9.17) is 0 Å². The number of aromatic nitrogens is 1. The first-order valence-electron chi connectivity index (χ1n) is 4.39. The number of nitrogens with zero attached hydrogens (tertiary/aromatic N) is 1. The molecule has 1 aromatic heterocycles. The lowest BCUT2D eigenvalue weighted by Crippen LogP contribution is -2.04. The predicted molar refractivity (Wildman–Crippen MR) is 53.7 cm³/mol. The molecular formula is C10H10N2O2. The number of benzene rings is 1. The Hall–Kier alpha value is -1.84. The average molecular weight is 190 g/mol. The summed E-state index contributed by atoms with van der Waals surface area (Å²) in [6.07, 6.45) is 1.71. The number of H-pyrrole nitrogens is 1. The zero-order valence-corrected chi connectivity index (χ0v) is 7.73. The third-order valence-electron chi connectivity index (χ3n) is 2.39. The fourth-order valence-corrected chi connectivity index (χ4v) is 1.55. The van der Waals surface area contributed by atoms with Crippen LogP contribution in [-0.4, -0.2) is 9.91 Å². The minimum atomic E-state index is -0.661. The fraction of sp³-hybridized carbons (Fsp3) is 0.200. The van der Waals surface area contributed by atoms with E-state index >= 15 is 0 Å². The predicted octanol–water partition coefficient (Wildman–Crippen LogP) is 2.51. The number of hydrogen-bond donors (Lipinski definition) is 1. The average Bonchev–Trinajstić information content (AvgIpc) is 2.60. The van der Waals surface area contributed by atoms with Crippen LogP contribution in [0.15, 0.2) is 30.5 Å². The molecule has 4 heteroatoms. The molecule has 1 atom stereocenters. The molecule has 14 heavy (non-hydrogen) atoms. The van der Waals surface area contributed by atoms with Gasteiger partial charge in [0.2, 0.25) is 6.04 Å². The second-order valence-corrected chi connectivity index (χ2v) is 3.25. The van der Waals surface area contributed by atoms with Crippen LogP contribution >= 0.6 is 0 Å². The highest BCUT2D eigenvalue weighted by Gasteiger charge is 2.19. The molecule has 1 unspecified atom stereocenters. The quantitative estimate of drug-likeness (QED) is 0.584. The minimum absolute atomic E-state index is 0.282. The summed E-state index contributed by atoms with van der Waals surface area (Å²) in [4.78, 5) is 13.4. The van der Waals surface area contributed by atoms with Gasteiger partial charge < -0.3 is 4.98 Å². The highest BCUT2D eigenvalue weighted by Crippen LogP contribution is 2.25. The summed E-state index contributed by atoms with van der Waals surface area (Å²) in [5, 5.41) is 11.6. The summed E-state index contributed by atoms with van der Waals surface area (Å²) in [5.41, 5.74) is 1.68. The van der Waals surface area contributed by atoms with E-state index in [2.05, 4.69) is 4.98 Å². The number of fused-ring (bicyclic) bond motifs is 1. The van der Waals surface area contributed by atoms with Crippen molar-refractivity contribution in [1.82, 2.24) is 4.98 Å². The van der Waals surface area contributed by atoms with Crippen molar-refractivity contribution >= 4 is 10.9 Å². The SMILES string of the molecule is CC(c1c[nH]c2ccccc12)[N+](=O)[O-]. The van der Waals surface area contributed by atoms with Crippen LogP contribution in [0.3, 0.4) is 0 Å². The zero-order valence-electron chi connectivity index (χ0n) is 7.73. The van der Waals surface area contributed by atoms with E-state index < -0.39 is 6.04 Å². The highest BCUT2D eigenvalue weighted by molar-refractivity contribution is 5.83. The molecule has 0 spiro atoms. The lowest BCUT2D eigenvalue weighted by atomic mass is 10.1. The van der Waals surface area contributed by atoms with Gasteiger partial charge in [-0.05, 0) is 6.07 Å². The molecule has 1 aromatic carbocycles. The van der Waals surface area contributed by atoms with E-state index in [1.54, 1.807) is 13.1 Å². The Morgan fingerprint density at radius 1 is 1.43 bits per heavy atom. The van der Waals surface area contributed by atoms with Gasteiger partial charge in [0.1, 0.15) is 0 Å². The van der Waals surface area contributed by atoms with Crippen molar-refractivity contribution in [3.8, 4) is 0 Å². The van der Waals surface area contributed by atoms with Gasteiger partial charge in [0.25, 0.3) is 0 Å². The Kier molecular flexibility index (Phi) is 1.96. The van der Waals surface area contributed by atoms with Crippen LogP contribution in [-0.2, 0) is 0 Å². The first-order valence-corrected chi connectivity index (χ1v) is 4.39. The summed E-state index contributed by atoms with van der Waals surface area (Å²) in [6, 6.07) is 6.92. The molecule has 4 nitrogen and oxygen atoms in total. The molecule has 0 aliphatic carbocycles. The van der Waals surface area contributed by atoms with Crippen molar-refractivity contribution in [3.63, 3.8) is 0 Å². The van der Waals surface area contributed by atoms with E-state index in [1.165, 1.54) is 0 Å². The zero-order chi connectivity index (χ0) is 10.1. The molecule has 0 radical (unpaired) electrons. The molecule has 0 bridgehead atoms. The lowest BCUT2D eigenvalue weighted by Gasteiger charge is -2.00. The summed E-state index contributed by atoms with van der Waals surface area (Å²) >= 11 is 0. The molecule has 1 N–H and O–H groups in total. The van der Waals surface area contributed by atoms with Gasteiger partial charge in [0.15, 0.2) is 0 Å². The molecular weight excluding hydrogens is 180 g/mol. The van der Waals surface area contributed by atoms with Gasteiger partial charge in [0.05, 0.1) is 5.56 Å². The maximum Gasteiger partial charge on any atom is 0.237 e. The minimum Gasteiger partial charge on any atom is -0.361 e. The van der Waals surface area contributed by atoms with Crippen molar-refractivity contribution in [2.24, 2.45) is 0 Å². The Morgan fingerprint density at radius 3 is 2.86 bits per heavy atom. The van der Waals surface area contributed by atoms with Gasteiger partial charge in [-0.3, -0.25) is 10.1 Å². The smallest absolute Gasteiger partial charge is 0.237 e. The lowest BCUT2D eigenvalue weighted by molar-refractivity contribution is -0.524. The molecule has 2 aromatic rings. The highest BCUT2D eigenvalue weighted by atomic mass is 16.6. The molecule has 1 heterocycles.